The second-order valence-corrected chi connectivity index (χ2v) is 7.54. The third kappa shape index (κ3) is 15.7. The topological polar surface area (TPSA) is 92.3 Å². The molecule has 0 saturated heterocycles. The molecule has 0 heterocycles. The molecule has 0 radical (unpaired) electrons. The molecule has 0 aliphatic rings. The Bertz CT molecular complexity index is 564. The Kier molecular flexibility index (Phi) is 22.3. The van der Waals surface area contributed by atoms with Crippen molar-refractivity contribution in [3.05, 3.63) is 29.3 Å². The van der Waals surface area contributed by atoms with Crippen LogP contribution >= 0.6 is 0 Å². The number of nitrogens with one attached hydrogen (secondary N) is 1. The largest absolute Gasteiger partial charge is 1.00 e. The minimum atomic E-state index is -1.40. The van der Waals surface area contributed by atoms with Crippen LogP contribution in [0, 0.1) is 0 Å². The van der Waals surface area contributed by atoms with E-state index in [-0.39, 0.29) is 70.2 Å². The van der Waals surface area contributed by atoms with Crippen LogP contribution in [0.3, 0.4) is 0 Å². The smallest absolute Gasteiger partial charge is 0.545 e. The zero-order valence-corrected chi connectivity index (χ0v) is 23.3. The molecule has 0 aliphatic carbocycles. The van der Waals surface area contributed by atoms with E-state index in [2.05, 4.69) is 12.2 Å². The summed E-state index contributed by atoms with van der Waals surface area (Å²) in [5.41, 5.74) is 0.156. The van der Waals surface area contributed by atoms with Crippen LogP contribution in [-0.4, -0.2) is 18.5 Å². The molecule has 0 aliphatic heterocycles. The van der Waals surface area contributed by atoms with Crippen molar-refractivity contribution in [1.82, 2.24) is 0 Å². The molecule has 1 N–H and O–H groups in total. The maximum atomic E-state index is 11.0. The molecule has 0 spiro atoms. The number of hydrogen-bond donors (Lipinski definition) is 1. The molecule has 1 aromatic carbocycles. The maximum absolute atomic E-state index is 11.0. The van der Waals surface area contributed by atoms with Crippen molar-refractivity contribution in [2.75, 3.05) is 11.9 Å². The van der Waals surface area contributed by atoms with E-state index < -0.39 is 11.9 Å². The van der Waals surface area contributed by atoms with Crippen LogP contribution in [0.15, 0.2) is 18.2 Å². The van der Waals surface area contributed by atoms with Gasteiger partial charge in [0, 0.05) is 12.2 Å². The molecule has 0 aromatic heterocycles. The zero-order chi connectivity index (χ0) is 20.6. The van der Waals surface area contributed by atoms with E-state index in [1.807, 2.05) is 0 Å². The van der Waals surface area contributed by atoms with Crippen molar-refractivity contribution < 1.29 is 78.9 Å². The first-order valence-corrected chi connectivity index (χ1v) is 10.9. The SMILES string of the molecule is CCCCCCCCCCCCCCCNc1cc(C(=O)[O-])cc(C(=O)[O-])c1.[Na+].[Na+]. The standard InChI is InChI=1S/C23H37NO4.2Na/c1-2-3-4-5-6-7-8-9-10-11-12-13-14-15-24-21-17-19(22(25)26)16-20(18-21)23(27)28;;/h16-18,24H,2-15H2,1H3,(H,25,26)(H,27,28);;/q;2*+1/p-2. The van der Waals surface area contributed by atoms with E-state index in [9.17, 15) is 19.8 Å². The van der Waals surface area contributed by atoms with Gasteiger partial charge in [-0.2, -0.15) is 0 Å². The first kappa shape index (κ1) is 32.1. The van der Waals surface area contributed by atoms with Gasteiger partial charge in [0.25, 0.3) is 0 Å². The second kappa shape index (κ2) is 20.8. The number of carbonyl (C=O) groups is 2. The third-order valence-electron chi connectivity index (χ3n) is 5.01. The first-order valence-electron chi connectivity index (χ1n) is 10.9. The number of aromatic carboxylic acids is 2. The summed E-state index contributed by atoms with van der Waals surface area (Å²) in [5, 5.41) is 25.0. The number of anilines is 1. The van der Waals surface area contributed by atoms with E-state index in [0.29, 0.717) is 12.2 Å². The Balaban J connectivity index is 0. The summed E-state index contributed by atoms with van der Waals surface area (Å²) in [6.07, 6.45) is 16.7. The van der Waals surface area contributed by atoms with Gasteiger partial charge in [-0.3, -0.25) is 0 Å². The van der Waals surface area contributed by atoms with Gasteiger partial charge in [0.05, 0.1) is 11.9 Å². The summed E-state index contributed by atoms with van der Waals surface area (Å²) in [5.74, 6) is -2.79. The molecule has 7 heteroatoms. The Labute approximate surface area is 226 Å². The number of benzene rings is 1. The number of carboxylic acids is 2. The molecule has 158 valence electrons. The van der Waals surface area contributed by atoms with Crippen molar-refractivity contribution in [1.29, 1.82) is 0 Å². The number of rotatable bonds is 17. The predicted molar refractivity (Wildman–Crippen MR) is 109 cm³/mol. The Morgan fingerprint density at radius 1 is 0.667 bits per heavy atom. The van der Waals surface area contributed by atoms with E-state index >= 15 is 0 Å². The van der Waals surface area contributed by atoms with Gasteiger partial charge in [0.15, 0.2) is 0 Å². The van der Waals surface area contributed by atoms with E-state index in [1.165, 1.54) is 82.8 Å². The summed E-state index contributed by atoms with van der Waals surface area (Å²) < 4.78 is 0. The van der Waals surface area contributed by atoms with Crippen molar-refractivity contribution in [3.63, 3.8) is 0 Å². The van der Waals surface area contributed by atoms with Gasteiger partial charge in [-0.1, -0.05) is 84.0 Å². The summed E-state index contributed by atoms with van der Waals surface area (Å²) in [7, 11) is 0. The third-order valence-corrected chi connectivity index (χ3v) is 5.01. The van der Waals surface area contributed by atoms with Crippen molar-refractivity contribution in [2.45, 2.75) is 90.4 Å². The van der Waals surface area contributed by atoms with Gasteiger partial charge in [-0.25, -0.2) is 0 Å². The molecule has 30 heavy (non-hydrogen) atoms. The number of unbranched alkanes of at least 4 members (excludes halogenated alkanes) is 12. The fraction of sp³-hybridized carbons (Fsp3) is 0.652. The Hall–Kier alpha value is -0.0400. The second-order valence-electron chi connectivity index (χ2n) is 7.54. The molecule has 0 bridgehead atoms. The molecule has 5 nitrogen and oxygen atoms in total. The van der Waals surface area contributed by atoms with Gasteiger partial charge in [-0.15, -0.1) is 0 Å². The minimum Gasteiger partial charge on any atom is -0.545 e. The summed E-state index contributed by atoms with van der Waals surface area (Å²) >= 11 is 0. The maximum Gasteiger partial charge on any atom is 1.00 e. The van der Waals surface area contributed by atoms with Gasteiger partial charge in [-0.05, 0) is 35.7 Å². The monoisotopic (exact) mass is 435 g/mol. The molecule has 0 amide bonds. The molecular weight excluding hydrogens is 400 g/mol. The first-order chi connectivity index (χ1) is 13.5. The number of carbonyl (C=O) groups excluding carboxylic acids is 2. The van der Waals surface area contributed by atoms with Crippen molar-refractivity contribution >= 4 is 17.6 Å². The van der Waals surface area contributed by atoms with E-state index in [1.54, 1.807) is 0 Å². The predicted octanol–water partition coefficient (Wildman–Crippen LogP) is -2.08. The van der Waals surface area contributed by atoms with Gasteiger partial charge in [0.2, 0.25) is 0 Å². The van der Waals surface area contributed by atoms with Gasteiger partial charge >= 0.3 is 59.1 Å². The van der Waals surface area contributed by atoms with Crippen LogP contribution in [0.5, 0.6) is 0 Å². The Morgan fingerprint density at radius 3 is 1.40 bits per heavy atom. The summed E-state index contributed by atoms with van der Waals surface area (Å²) in [6.45, 7) is 2.93. The van der Waals surface area contributed by atoms with Gasteiger partial charge < -0.3 is 25.1 Å². The van der Waals surface area contributed by atoms with E-state index in [0.717, 1.165) is 18.9 Å². The van der Waals surface area contributed by atoms with E-state index in [4.69, 9.17) is 0 Å². The molecule has 0 atom stereocenters. The molecule has 1 aromatic rings. The zero-order valence-electron chi connectivity index (χ0n) is 19.3. The van der Waals surface area contributed by atoms with Gasteiger partial charge in [0.1, 0.15) is 0 Å². The van der Waals surface area contributed by atoms with Crippen LogP contribution in [0.25, 0.3) is 0 Å². The molecule has 0 saturated carbocycles. The number of hydrogen-bond acceptors (Lipinski definition) is 5. The molecular formula is C23H35NNa2O4. The quantitative estimate of drug-likeness (QED) is 0.224. The molecule has 0 fully saturated rings. The number of carboxylic acid groups (broad SMARTS) is 2. The summed E-state index contributed by atoms with van der Waals surface area (Å²) in [4.78, 5) is 22.0. The van der Waals surface area contributed by atoms with Crippen LogP contribution < -0.4 is 74.6 Å². The molecule has 0 unspecified atom stereocenters. The van der Waals surface area contributed by atoms with Crippen LogP contribution in [0.4, 0.5) is 5.69 Å². The fourth-order valence-electron chi connectivity index (χ4n) is 3.34. The molecule has 1 rings (SSSR count). The fourth-order valence-corrected chi connectivity index (χ4v) is 3.34. The van der Waals surface area contributed by atoms with Crippen molar-refractivity contribution in [2.24, 2.45) is 0 Å². The average molecular weight is 436 g/mol. The normalized spacial score (nSPS) is 10.0. The van der Waals surface area contributed by atoms with Crippen LogP contribution in [0.2, 0.25) is 0 Å². The summed E-state index contributed by atoms with van der Waals surface area (Å²) in [6, 6.07) is 3.84. The van der Waals surface area contributed by atoms with Crippen LogP contribution in [-0.2, 0) is 0 Å². The van der Waals surface area contributed by atoms with Crippen LogP contribution in [0.1, 0.15) is 111 Å². The van der Waals surface area contributed by atoms with Crippen molar-refractivity contribution in [3.8, 4) is 0 Å². The Morgan fingerprint density at radius 2 is 1.03 bits per heavy atom. The average Bonchev–Trinajstić information content (AvgIpc) is 2.68. The minimum absolute atomic E-state index is 0.